The quantitative estimate of drug-likeness (QED) is 0.179. The number of anilines is 2. The fourth-order valence-corrected chi connectivity index (χ4v) is 13.6. The van der Waals surface area contributed by atoms with Crippen LogP contribution in [0.1, 0.15) is 103 Å². The zero-order valence-electron chi connectivity index (χ0n) is 41.5. The predicted molar refractivity (Wildman–Crippen MR) is 298 cm³/mol. The van der Waals surface area contributed by atoms with Crippen LogP contribution in [0.4, 0.5) is 11.4 Å². The summed E-state index contributed by atoms with van der Waals surface area (Å²) in [6, 6.07) is 52.2. The van der Waals surface area contributed by atoms with Crippen molar-refractivity contribution in [2.75, 3.05) is 5.32 Å². The van der Waals surface area contributed by atoms with Crippen LogP contribution in [0.15, 0.2) is 144 Å². The highest BCUT2D eigenvalue weighted by Crippen LogP contribution is 2.55. The van der Waals surface area contributed by atoms with Crippen molar-refractivity contribution >= 4 is 94.9 Å². The van der Waals surface area contributed by atoms with Gasteiger partial charge in [-0.15, -0.1) is 11.3 Å². The third-order valence-corrected chi connectivity index (χ3v) is 17.7. The van der Waals surface area contributed by atoms with Gasteiger partial charge in [0, 0.05) is 49.8 Å². The molecule has 341 valence electrons. The molecule has 2 aliphatic carbocycles. The van der Waals surface area contributed by atoms with Crippen molar-refractivity contribution in [2.45, 2.75) is 96.8 Å². The van der Waals surface area contributed by atoms with Crippen molar-refractivity contribution in [3.8, 4) is 38.5 Å². The number of furan rings is 1. The summed E-state index contributed by atoms with van der Waals surface area (Å²) in [5, 5.41) is 9.79. The third-order valence-electron chi connectivity index (χ3n) is 16.7. The molecule has 0 saturated heterocycles. The van der Waals surface area contributed by atoms with Gasteiger partial charge in [0.15, 0.2) is 7.28 Å². The van der Waals surface area contributed by atoms with Gasteiger partial charge in [-0.1, -0.05) is 153 Å². The molecule has 1 radical (unpaired) electrons. The van der Waals surface area contributed by atoms with Crippen LogP contribution in [-0.2, 0) is 21.7 Å². The standard InChI is InChI=1S/C64H55BN3OS/c1-61(2,3)36-23-25-37(26-24-36)66-48-31-40-38-19-13-15-21-43(38)64(8,9)44(40)29-41(48)54-55-39-20-14-16-22-52(39)69-59(55)56-42-30-45-46(63(6,7)28-27-62(45,4)5)32-50(42)68-51-34-53-49(33-47(51)65-57(54)58(56)68)67-60(70-53)35-17-11-10-12-18-35/h10-26,29-34,66H,27-28H2,1-9H3. The lowest BCUT2D eigenvalue weighted by molar-refractivity contribution is 0.332. The Kier molecular flexibility index (Phi) is 8.49. The van der Waals surface area contributed by atoms with Gasteiger partial charge in [0.05, 0.1) is 26.6 Å². The number of hydrogen-bond donors (Lipinski definition) is 1. The summed E-state index contributed by atoms with van der Waals surface area (Å²) in [6.45, 7) is 21.4. The molecule has 0 amide bonds. The molecule has 4 nitrogen and oxygen atoms in total. The van der Waals surface area contributed by atoms with Crippen LogP contribution in [0.2, 0.25) is 0 Å². The van der Waals surface area contributed by atoms with E-state index in [9.17, 15) is 0 Å². The van der Waals surface area contributed by atoms with Crippen molar-refractivity contribution in [2.24, 2.45) is 0 Å². The summed E-state index contributed by atoms with van der Waals surface area (Å²) in [5.74, 6) is 0. The Hall–Kier alpha value is -6.89. The lowest BCUT2D eigenvalue weighted by Gasteiger charge is -2.42. The molecular weight excluding hydrogens is 870 g/mol. The highest BCUT2D eigenvalue weighted by molar-refractivity contribution is 7.21. The molecule has 4 heterocycles. The van der Waals surface area contributed by atoms with E-state index >= 15 is 0 Å². The Balaban J connectivity index is 1.14. The molecule has 3 aromatic heterocycles. The number of benzene rings is 8. The molecule has 8 aromatic carbocycles. The maximum Gasteiger partial charge on any atom is 0.198 e. The van der Waals surface area contributed by atoms with Crippen LogP contribution < -0.4 is 16.2 Å². The molecule has 0 saturated carbocycles. The van der Waals surface area contributed by atoms with Crippen LogP contribution in [0.25, 0.3) is 92.5 Å². The van der Waals surface area contributed by atoms with Gasteiger partial charge in [-0.3, -0.25) is 0 Å². The summed E-state index contributed by atoms with van der Waals surface area (Å²) in [5.41, 5.74) is 23.8. The van der Waals surface area contributed by atoms with Gasteiger partial charge in [0.25, 0.3) is 0 Å². The Morgan fingerprint density at radius 1 is 0.657 bits per heavy atom. The smallest absolute Gasteiger partial charge is 0.198 e. The van der Waals surface area contributed by atoms with E-state index in [-0.39, 0.29) is 21.7 Å². The summed E-state index contributed by atoms with van der Waals surface area (Å²) in [7, 11) is 2.48. The second-order valence-electron chi connectivity index (χ2n) is 23.3. The van der Waals surface area contributed by atoms with Crippen LogP contribution in [-0.4, -0.2) is 16.8 Å². The molecule has 0 spiro atoms. The molecule has 1 aliphatic heterocycles. The molecule has 0 fully saturated rings. The zero-order valence-corrected chi connectivity index (χ0v) is 42.3. The molecule has 0 unspecified atom stereocenters. The van der Waals surface area contributed by atoms with Gasteiger partial charge in [0.1, 0.15) is 16.2 Å². The van der Waals surface area contributed by atoms with E-state index in [2.05, 4.69) is 219 Å². The fourth-order valence-electron chi connectivity index (χ4n) is 12.6. The van der Waals surface area contributed by atoms with E-state index in [4.69, 9.17) is 9.40 Å². The number of nitrogens with one attached hydrogen (secondary N) is 1. The summed E-state index contributed by atoms with van der Waals surface area (Å²) in [4.78, 5) is 5.32. The monoisotopic (exact) mass is 924 g/mol. The van der Waals surface area contributed by atoms with E-state index < -0.39 is 0 Å². The summed E-state index contributed by atoms with van der Waals surface area (Å²) >= 11 is 1.78. The first-order valence-corrected chi connectivity index (χ1v) is 25.9. The first-order valence-electron chi connectivity index (χ1n) is 25.1. The first-order chi connectivity index (χ1) is 33.5. The number of thiazole rings is 1. The Labute approximate surface area is 414 Å². The molecule has 0 atom stereocenters. The lowest BCUT2D eigenvalue weighted by atomic mass is 9.58. The molecule has 14 rings (SSSR count). The van der Waals surface area contributed by atoms with E-state index in [0.29, 0.717) is 0 Å². The molecule has 70 heavy (non-hydrogen) atoms. The average Bonchev–Trinajstić information content (AvgIpc) is 4.09. The van der Waals surface area contributed by atoms with Gasteiger partial charge < -0.3 is 14.3 Å². The Bertz CT molecular complexity index is 4060. The van der Waals surface area contributed by atoms with Crippen molar-refractivity contribution in [1.82, 2.24) is 9.55 Å². The van der Waals surface area contributed by atoms with Crippen LogP contribution >= 0.6 is 11.3 Å². The second kappa shape index (κ2) is 14.1. The van der Waals surface area contributed by atoms with Gasteiger partial charge >= 0.3 is 0 Å². The Morgan fingerprint density at radius 2 is 1.37 bits per heavy atom. The van der Waals surface area contributed by atoms with Gasteiger partial charge in [0.2, 0.25) is 0 Å². The molecule has 11 aromatic rings. The molecular formula is C64H55BN3OS. The molecule has 3 aliphatic rings. The lowest BCUT2D eigenvalue weighted by Crippen LogP contribution is -2.37. The SMILES string of the molecule is CC(C)(C)c1ccc(Nc2cc3c(cc2-c2c4c5c(c6cc7c(cc6n5-c5cc6sc(-c8ccccc8)nc6cc5[B]4)C(C)(C)CCC7(C)C)c4oc5ccccc5c24)C(C)(C)c2ccccc2-3)cc1. The number of aromatic nitrogens is 2. The maximum atomic E-state index is 7.35. The normalized spacial score (nSPS) is 16.1. The summed E-state index contributed by atoms with van der Waals surface area (Å²) < 4.78 is 11.1. The van der Waals surface area contributed by atoms with E-state index in [0.717, 1.165) is 73.3 Å². The number of hydrogen-bond acceptors (Lipinski definition) is 4. The number of para-hydroxylation sites is 1. The number of nitrogens with zero attached hydrogens (tertiary/aromatic N) is 2. The van der Waals surface area contributed by atoms with Crippen LogP contribution in [0, 0.1) is 0 Å². The van der Waals surface area contributed by atoms with E-state index in [1.165, 1.54) is 82.2 Å². The topological polar surface area (TPSA) is 43.0 Å². The predicted octanol–water partition coefficient (Wildman–Crippen LogP) is 16.3. The zero-order chi connectivity index (χ0) is 47.8. The molecule has 0 bridgehead atoms. The number of fused-ring (bicyclic) bond motifs is 14. The van der Waals surface area contributed by atoms with Crippen molar-refractivity contribution in [3.63, 3.8) is 0 Å². The maximum absolute atomic E-state index is 7.35. The largest absolute Gasteiger partial charge is 0.455 e. The Morgan fingerprint density at radius 3 is 2.14 bits per heavy atom. The summed E-state index contributed by atoms with van der Waals surface area (Å²) in [6.07, 6.45) is 2.28. The van der Waals surface area contributed by atoms with Crippen LogP contribution in [0.5, 0.6) is 0 Å². The highest BCUT2D eigenvalue weighted by atomic mass is 32.1. The highest BCUT2D eigenvalue weighted by Gasteiger charge is 2.41. The minimum Gasteiger partial charge on any atom is -0.455 e. The first kappa shape index (κ1) is 42.0. The minimum atomic E-state index is -0.219. The average molecular weight is 925 g/mol. The van der Waals surface area contributed by atoms with Gasteiger partial charge in [-0.25, -0.2) is 4.98 Å². The third kappa shape index (κ3) is 5.86. The second-order valence-corrected chi connectivity index (χ2v) is 24.3. The van der Waals surface area contributed by atoms with Crippen LogP contribution in [0.3, 0.4) is 0 Å². The van der Waals surface area contributed by atoms with E-state index in [1.54, 1.807) is 11.3 Å². The van der Waals surface area contributed by atoms with Crippen molar-refractivity contribution in [1.29, 1.82) is 0 Å². The molecule has 1 N–H and O–H groups in total. The van der Waals surface area contributed by atoms with Gasteiger partial charge in [-0.2, -0.15) is 0 Å². The fraction of sp³-hybridized carbons (Fsp3) is 0.234. The minimum absolute atomic E-state index is 0.0226. The van der Waals surface area contributed by atoms with E-state index in [1.807, 2.05) is 0 Å². The van der Waals surface area contributed by atoms with Gasteiger partial charge in [-0.05, 0) is 134 Å². The number of rotatable bonds is 4. The molecule has 6 heteroatoms. The van der Waals surface area contributed by atoms with Crippen molar-refractivity contribution < 1.29 is 4.42 Å². The van der Waals surface area contributed by atoms with Crippen molar-refractivity contribution in [3.05, 3.63) is 167 Å².